The Balaban J connectivity index is 2.00. The fraction of sp³-hybridized carbons (Fsp3) is 0.333. The van der Waals surface area contributed by atoms with Crippen LogP contribution in [0, 0.1) is 0 Å². The maximum Gasteiger partial charge on any atom is 0.181 e. The highest BCUT2D eigenvalue weighted by Gasteiger charge is 2.20. The average Bonchev–Trinajstić information content (AvgIpc) is 2.60. The van der Waals surface area contributed by atoms with Crippen molar-refractivity contribution in [3.05, 3.63) is 64.1 Å². The number of aliphatic hydroxyl groups excluding tert-OH is 1. The van der Waals surface area contributed by atoms with Crippen LogP contribution in [0.4, 0.5) is 0 Å². The number of halogens is 2. The topological polar surface area (TPSA) is 57.6 Å². The van der Waals surface area contributed by atoms with E-state index in [0.29, 0.717) is 24.7 Å². The first-order chi connectivity index (χ1) is 11.9. The number of hydrogen-bond acceptors (Lipinski definition) is 4. The van der Waals surface area contributed by atoms with Gasteiger partial charge >= 0.3 is 0 Å². The van der Waals surface area contributed by atoms with Crippen LogP contribution < -0.4 is 0 Å². The first-order valence-corrected chi connectivity index (χ1v) is 10.4. The summed E-state index contributed by atoms with van der Waals surface area (Å²) in [6.45, 7) is 1.39. The van der Waals surface area contributed by atoms with Crippen molar-refractivity contribution in [3.63, 3.8) is 0 Å². The van der Waals surface area contributed by atoms with Gasteiger partial charge in [-0.15, -0.1) is 0 Å². The summed E-state index contributed by atoms with van der Waals surface area (Å²) in [7, 11) is -3.55. The minimum absolute atomic E-state index is 0.0211. The predicted octanol–water partition coefficient (Wildman–Crippen LogP) is 3.30. The van der Waals surface area contributed by atoms with Gasteiger partial charge in [0.05, 0.1) is 22.3 Å². The molecule has 0 saturated carbocycles. The molecule has 7 heteroatoms. The molecule has 0 saturated heterocycles. The smallest absolute Gasteiger partial charge is 0.181 e. The molecular weight excluding hydrogens is 381 g/mol. The van der Waals surface area contributed by atoms with Gasteiger partial charge in [-0.05, 0) is 30.2 Å². The van der Waals surface area contributed by atoms with Gasteiger partial charge in [-0.2, -0.15) is 0 Å². The van der Waals surface area contributed by atoms with Crippen LogP contribution in [0.25, 0.3) is 0 Å². The Morgan fingerprint density at radius 2 is 1.68 bits per heavy atom. The van der Waals surface area contributed by atoms with Crippen molar-refractivity contribution in [1.82, 2.24) is 4.90 Å². The molecule has 0 aliphatic heterocycles. The van der Waals surface area contributed by atoms with Crippen LogP contribution in [0.3, 0.4) is 0 Å². The van der Waals surface area contributed by atoms with Crippen molar-refractivity contribution in [2.45, 2.75) is 11.3 Å². The van der Waals surface area contributed by atoms with Crippen molar-refractivity contribution in [2.75, 3.05) is 32.0 Å². The zero-order valence-electron chi connectivity index (χ0n) is 13.7. The van der Waals surface area contributed by atoms with Crippen molar-refractivity contribution in [3.8, 4) is 0 Å². The van der Waals surface area contributed by atoms with Crippen molar-refractivity contribution in [1.29, 1.82) is 0 Å². The lowest BCUT2D eigenvalue weighted by atomic mass is 10.1. The van der Waals surface area contributed by atoms with E-state index in [9.17, 15) is 13.5 Å². The summed E-state index contributed by atoms with van der Waals surface area (Å²) in [5.74, 6) is -0.0815. The molecule has 4 nitrogen and oxygen atoms in total. The van der Waals surface area contributed by atoms with Gasteiger partial charge in [-0.25, -0.2) is 8.42 Å². The van der Waals surface area contributed by atoms with Gasteiger partial charge in [0.25, 0.3) is 0 Å². The number of aliphatic hydroxyl groups is 1. The van der Waals surface area contributed by atoms with Crippen LogP contribution >= 0.6 is 23.2 Å². The molecule has 0 aromatic heterocycles. The van der Waals surface area contributed by atoms with E-state index in [1.54, 1.807) is 6.07 Å². The standard InChI is InChI=1S/C18H21Cl2NO3S/c19-16-6-7-17(20)18(14-16)25(23,24)13-11-21(10-12-22)9-8-15-4-2-1-3-5-15/h1-7,14,22H,8-13H2. The normalized spacial score (nSPS) is 11.8. The number of nitrogens with zero attached hydrogens (tertiary/aromatic N) is 1. The van der Waals surface area contributed by atoms with Gasteiger partial charge in [-0.3, -0.25) is 4.90 Å². The molecule has 0 unspecified atom stereocenters. The predicted molar refractivity (Wildman–Crippen MR) is 102 cm³/mol. The van der Waals surface area contributed by atoms with E-state index >= 15 is 0 Å². The maximum atomic E-state index is 12.6. The monoisotopic (exact) mass is 401 g/mol. The minimum Gasteiger partial charge on any atom is -0.395 e. The summed E-state index contributed by atoms with van der Waals surface area (Å²) in [6.07, 6.45) is 0.790. The zero-order valence-corrected chi connectivity index (χ0v) is 16.1. The average molecular weight is 402 g/mol. The lowest BCUT2D eigenvalue weighted by Gasteiger charge is -2.21. The van der Waals surface area contributed by atoms with Crippen LogP contribution in [0.2, 0.25) is 10.0 Å². The van der Waals surface area contributed by atoms with Crippen molar-refractivity contribution >= 4 is 33.0 Å². The molecule has 25 heavy (non-hydrogen) atoms. The molecule has 0 fully saturated rings. The Morgan fingerprint density at radius 3 is 2.36 bits per heavy atom. The third kappa shape index (κ3) is 6.28. The van der Waals surface area contributed by atoms with Gasteiger partial charge in [0, 0.05) is 24.7 Å². The van der Waals surface area contributed by atoms with E-state index in [1.165, 1.54) is 17.7 Å². The number of sulfone groups is 1. The van der Waals surface area contributed by atoms with E-state index in [1.807, 2.05) is 35.2 Å². The molecule has 0 atom stereocenters. The second kappa shape index (κ2) is 9.55. The number of benzene rings is 2. The number of hydrogen-bond donors (Lipinski definition) is 1. The number of rotatable bonds is 9. The molecular formula is C18H21Cl2NO3S. The fourth-order valence-electron chi connectivity index (χ4n) is 2.48. The van der Waals surface area contributed by atoms with E-state index in [-0.39, 0.29) is 22.3 Å². The third-order valence-electron chi connectivity index (χ3n) is 3.88. The molecule has 1 N–H and O–H groups in total. The van der Waals surface area contributed by atoms with Gasteiger partial charge in [0.15, 0.2) is 9.84 Å². The highest BCUT2D eigenvalue weighted by atomic mass is 35.5. The van der Waals surface area contributed by atoms with E-state index in [4.69, 9.17) is 23.2 Å². The molecule has 2 aromatic rings. The molecule has 2 rings (SSSR count). The maximum absolute atomic E-state index is 12.6. The summed E-state index contributed by atoms with van der Waals surface area (Å²) in [5, 5.41) is 9.73. The summed E-state index contributed by atoms with van der Waals surface area (Å²) in [5.41, 5.74) is 1.17. The molecule has 0 bridgehead atoms. The summed E-state index contributed by atoms with van der Waals surface area (Å²) >= 11 is 11.9. The molecule has 2 aromatic carbocycles. The molecule has 0 amide bonds. The highest BCUT2D eigenvalue weighted by molar-refractivity contribution is 7.91. The van der Waals surface area contributed by atoms with Crippen molar-refractivity contribution < 1.29 is 13.5 Å². The minimum atomic E-state index is -3.55. The summed E-state index contributed by atoms with van der Waals surface area (Å²) in [6, 6.07) is 14.4. The van der Waals surface area contributed by atoms with Crippen LogP contribution in [-0.2, 0) is 16.3 Å². The van der Waals surface area contributed by atoms with Crippen LogP contribution in [0.1, 0.15) is 5.56 Å². The molecule has 0 radical (unpaired) electrons. The highest BCUT2D eigenvalue weighted by Crippen LogP contribution is 2.26. The molecule has 136 valence electrons. The first-order valence-electron chi connectivity index (χ1n) is 7.97. The Bertz CT molecular complexity index is 782. The first kappa shape index (κ1) is 20.2. The van der Waals surface area contributed by atoms with Gasteiger partial charge in [0.2, 0.25) is 0 Å². The second-order valence-corrected chi connectivity index (χ2v) is 8.62. The third-order valence-corrected chi connectivity index (χ3v) is 6.28. The molecule has 0 aliphatic carbocycles. The van der Waals surface area contributed by atoms with E-state index in [0.717, 1.165) is 6.42 Å². The zero-order chi connectivity index (χ0) is 18.3. The van der Waals surface area contributed by atoms with E-state index < -0.39 is 9.84 Å². The van der Waals surface area contributed by atoms with E-state index in [2.05, 4.69) is 0 Å². The largest absolute Gasteiger partial charge is 0.395 e. The Labute approximate surface area is 158 Å². The molecule has 0 spiro atoms. The van der Waals surface area contributed by atoms with Gasteiger partial charge in [-0.1, -0.05) is 53.5 Å². The van der Waals surface area contributed by atoms with Crippen LogP contribution in [0.5, 0.6) is 0 Å². The molecule has 0 aliphatic rings. The summed E-state index contributed by atoms with van der Waals surface area (Å²) in [4.78, 5) is 1.98. The Hall–Kier alpha value is -1.11. The SMILES string of the molecule is O=S(=O)(CCN(CCO)CCc1ccccc1)c1cc(Cl)ccc1Cl. The van der Waals surface area contributed by atoms with Crippen molar-refractivity contribution in [2.24, 2.45) is 0 Å². The van der Waals surface area contributed by atoms with Crippen LogP contribution in [0.15, 0.2) is 53.4 Å². The Morgan fingerprint density at radius 1 is 0.960 bits per heavy atom. The van der Waals surface area contributed by atoms with Crippen LogP contribution in [-0.4, -0.2) is 50.4 Å². The quantitative estimate of drug-likeness (QED) is 0.699. The lowest BCUT2D eigenvalue weighted by molar-refractivity contribution is 0.204. The Kier molecular flexibility index (Phi) is 7.72. The second-order valence-electron chi connectivity index (χ2n) is 5.69. The van der Waals surface area contributed by atoms with Gasteiger partial charge in [0.1, 0.15) is 0 Å². The lowest BCUT2D eigenvalue weighted by Crippen LogP contribution is -2.33. The van der Waals surface area contributed by atoms with Gasteiger partial charge < -0.3 is 5.11 Å². The fourth-order valence-corrected chi connectivity index (χ4v) is 4.58. The summed E-state index contributed by atoms with van der Waals surface area (Å²) < 4.78 is 25.1. The molecule has 0 heterocycles.